The van der Waals surface area contributed by atoms with Gasteiger partial charge in [-0.2, -0.15) is 0 Å². The van der Waals surface area contributed by atoms with E-state index in [1.54, 1.807) is 16.2 Å². The van der Waals surface area contributed by atoms with E-state index in [9.17, 15) is 9.90 Å². The van der Waals surface area contributed by atoms with Crippen molar-refractivity contribution >= 4 is 17.2 Å². The summed E-state index contributed by atoms with van der Waals surface area (Å²) in [6, 6.07) is 0. The second-order valence-corrected chi connectivity index (χ2v) is 6.77. The van der Waals surface area contributed by atoms with Crippen molar-refractivity contribution in [2.24, 2.45) is 0 Å². The van der Waals surface area contributed by atoms with E-state index < -0.39 is 5.60 Å². The van der Waals surface area contributed by atoms with E-state index in [-0.39, 0.29) is 5.91 Å². The Morgan fingerprint density at radius 2 is 2.38 bits per heavy atom. The summed E-state index contributed by atoms with van der Waals surface area (Å²) in [6.07, 6.45) is 2.51. The minimum atomic E-state index is -0.792. The molecule has 116 valence electrons. The van der Waals surface area contributed by atoms with Crippen LogP contribution in [0.4, 0.5) is 0 Å². The Hall–Kier alpha value is -1.17. The minimum absolute atomic E-state index is 0.0965. The molecule has 0 aromatic carbocycles. The predicted octanol–water partition coefficient (Wildman–Crippen LogP) is 2.42. The van der Waals surface area contributed by atoms with Crippen molar-refractivity contribution in [3.05, 3.63) is 34.0 Å². The van der Waals surface area contributed by atoms with Crippen LogP contribution in [0.25, 0.3) is 0 Å². The largest absolute Gasteiger partial charge is 0.387 e. The summed E-state index contributed by atoms with van der Waals surface area (Å²) < 4.78 is 5.25. The molecule has 4 nitrogen and oxygen atoms in total. The van der Waals surface area contributed by atoms with Crippen molar-refractivity contribution in [3.8, 4) is 0 Å². The molecule has 0 bridgehead atoms. The fourth-order valence-corrected chi connectivity index (χ4v) is 3.34. The third kappa shape index (κ3) is 3.93. The van der Waals surface area contributed by atoms with Gasteiger partial charge in [0.1, 0.15) is 0 Å². The number of amides is 1. The zero-order chi connectivity index (χ0) is 15.5. The summed E-state index contributed by atoms with van der Waals surface area (Å²) in [6.45, 7) is 9.77. The molecule has 1 N–H and O–H groups in total. The summed E-state index contributed by atoms with van der Waals surface area (Å²) in [5.41, 5.74) is 1.62. The second kappa shape index (κ2) is 6.73. The Kier molecular flexibility index (Phi) is 5.19. The Bertz CT molecular complexity index is 518. The number of ether oxygens (including phenoxy) is 1. The number of aryl methyl sites for hydroxylation is 1. The molecule has 1 fully saturated rings. The van der Waals surface area contributed by atoms with E-state index in [4.69, 9.17) is 4.74 Å². The summed E-state index contributed by atoms with van der Waals surface area (Å²) >= 11 is 1.70. The zero-order valence-electron chi connectivity index (χ0n) is 12.7. The molecule has 0 aliphatic carbocycles. The molecule has 1 aliphatic heterocycles. The first-order valence-electron chi connectivity index (χ1n) is 7.20. The third-order valence-electron chi connectivity index (χ3n) is 4.16. The molecule has 1 amide bonds. The maximum atomic E-state index is 12.0. The van der Waals surface area contributed by atoms with Crippen molar-refractivity contribution in [1.29, 1.82) is 0 Å². The van der Waals surface area contributed by atoms with Crippen LogP contribution in [0, 0.1) is 13.8 Å². The number of rotatable bonds is 6. The van der Waals surface area contributed by atoms with Gasteiger partial charge >= 0.3 is 0 Å². The lowest BCUT2D eigenvalue weighted by Gasteiger charge is -2.26. The molecular formula is C16H23NO3S. The molecule has 1 aliphatic rings. The van der Waals surface area contributed by atoms with Crippen molar-refractivity contribution in [2.45, 2.75) is 38.8 Å². The van der Waals surface area contributed by atoms with Gasteiger partial charge in [-0.05, 0) is 42.9 Å². The first-order chi connectivity index (χ1) is 9.95. The highest BCUT2D eigenvalue weighted by Crippen LogP contribution is 2.25. The Morgan fingerprint density at radius 3 is 2.90 bits per heavy atom. The molecule has 21 heavy (non-hydrogen) atoms. The number of aliphatic hydroxyl groups is 1. The summed E-state index contributed by atoms with van der Waals surface area (Å²) in [4.78, 5) is 15.1. The van der Waals surface area contributed by atoms with Crippen LogP contribution in [-0.4, -0.2) is 41.3 Å². The van der Waals surface area contributed by atoms with Crippen LogP contribution in [0.3, 0.4) is 0 Å². The Balaban J connectivity index is 2.02. The maximum Gasteiger partial charge on any atom is 0.246 e. The fourth-order valence-electron chi connectivity index (χ4n) is 2.46. The fraction of sp³-hybridized carbons (Fsp3) is 0.562. The average molecular weight is 309 g/mol. The van der Waals surface area contributed by atoms with Crippen LogP contribution in [0.5, 0.6) is 0 Å². The van der Waals surface area contributed by atoms with Crippen LogP contribution in [0.1, 0.15) is 28.8 Å². The van der Waals surface area contributed by atoms with E-state index in [0.29, 0.717) is 39.1 Å². The Morgan fingerprint density at radius 1 is 1.62 bits per heavy atom. The van der Waals surface area contributed by atoms with E-state index in [1.807, 2.05) is 0 Å². The molecule has 2 rings (SSSR count). The van der Waals surface area contributed by atoms with Crippen LogP contribution in [-0.2, 0) is 16.1 Å². The number of thiophene rings is 1. The molecule has 0 saturated carbocycles. The van der Waals surface area contributed by atoms with Crippen molar-refractivity contribution in [3.63, 3.8) is 0 Å². The molecule has 5 heteroatoms. The lowest BCUT2D eigenvalue weighted by molar-refractivity contribution is -0.127. The van der Waals surface area contributed by atoms with E-state index in [1.165, 1.54) is 22.1 Å². The standard InChI is InChI=1S/C16H23NO3S/c1-4-15(18)17(7-5-16(19)6-8-20-11-16)9-14-10-21-13(3)12(14)2/h4,10,19H,1,5-9,11H2,2-3H3. The first kappa shape index (κ1) is 16.2. The number of hydrogen-bond donors (Lipinski definition) is 1. The van der Waals surface area contributed by atoms with Crippen LogP contribution in [0.2, 0.25) is 0 Å². The van der Waals surface area contributed by atoms with E-state index in [0.717, 1.165) is 0 Å². The number of nitrogens with zero attached hydrogens (tertiary/aromatic N) is 1. The highest BCUT2D eigenvalue weighted by molar-refractivity contribution is 7.10. The normalized spacial score (nSPS) is 21.5. The highest BCUT2D eigenvalue weighted by Gasteiger charge is 2.32. The molecule has 0 radical (unpaired) electrons. The maximum absolute atomic E-state index is 12.0. The van der Waals surface area contributed by atoms with Gasteiger partial charge in [0, 0.05) is 31.0 Å². The minimum Gasteiger partial charge on any atom is -0.387 e. The number of carbonyl (C=O) groups is 1. The molecule has 1 saturated heterocycles. The number of carbonyl (C=O) groups excluding carboxylic acids is 1. The van der Waals surface area contributed by atoms with Crippen LogP contribution >= 0.6 is 11.3 Å². The first-order valence-corrected chi connectivity index (χ1v) is 8.08. The summed E-state index contributed by atoms with van der Waals surface area (Å²) in [7, 11) is 0. The monoisotopic (exact) mass is 309 g/mol. The van der Waals surface area contributed by atoms with Gasteiger partial charge < -0.3 is 14.7 Å². The van der Waals surface area contributed by atoms with Crippen molar-refractivity contribution in [2.75, 3.05) is 19.8 Å². The van der Waals surface area contributed by atoms with Gasteiger partial charge in [0.15, 0.2) is 0 Å². The van der Waals surface area contributed by atoms with Crippen molar-refractivity contribution in [1.82, 2.24) is 4.90 Å². The molecule has 2 heterocycles. The average Bonchev–Trinajstić information content (AvgIpc) is 3.03. The predicted molar refractivity (Wildman–Crippen MR) is 84.4 cm³/mol. The molecule has 1 aromatic heterocycles. The summed E-state index contributed by atoms with van der Waals surface area (Å²) in [5, 5.41) is 12.4. The molecule has 1 atom stereocenters. The zero-order valence-corrected chi connectivity index (χ0v) is 13.5. The van der Waals surface area contributed by atoms with E-state index in [2.05, 4.69) is 25.8 Å². The van der Waals surface area contributed by atoms with Gasteiger partial charge in [-0.1, -0.05) is 6.58 Å². The van der Waals surface area contributed by atoms with Gasteiger partial charge in [0.2, 0.25) is 5.91 Å². The quantitative estimate of drug-likeness (QED) is 0.821. The van der Waals surface area contributed by atoms with Crippen molar-refractivity contribution < 1.29 is 14.6 Å². The van der Waals surface area contributed by atoms with Gasteiger partial charge in [0.05, 0.1) is 12.2 Å². The molecule has 0 spiro atoms. The molecule has 1 unspecified atom stereocenters. The number of hydrogen-bond acceptors (Lipinski definition) is 4. The van der Waals surface area contributed by atoms with Gasteiger partial charge in [-0.25, -0.2) is 0 Å². The second-order valence-electron chi connectivity index (χ2n) is 5.68. The van der Waals surface area contributed by atoms with Crippen LogP contribution < -0.4 is 0 Å². The lowest BCUT2D eigenvalue weighted by atomic mass is 9.98. The van der Waals surface area contributed by atoms with Gasteiger partial charge in [-0.15, -0.1) is 11.3 Å². The topological polar surface area (TPSA) is 49.8 Å². The van der Waals surface area contributed by atoms with E-state index >= 15 is 0 Å². The van der Waals surface area contributed by atoms with Gasteiger partial charge in [-0.3, -0.25) is 4.79 Å². The van der Waals surface area contributed by atoms with Crippen LogP contribution in [0.15, 0.2) is 18.0 Å². The summed E-state index contributed by atoms with van der Waals surface area (Å²) in [5.74, 6) is -0.0965. The smallest absolute Gasteiger partial charge is 0.246 e. The molecule has 1 aromatic rings. The Labute approximate surface area is 130 Å². The highest BCUT2D eigenvalue weighted by atomic mass is 32.1. The third-order valence-corrected chi connectivity index (χ3v) is 5.23. The van der Waals surface area contributed by atoms with Gasteiger partial charge in [0.25, 0.3) is 0 Å². The molecular weight excluding hydrogens is 286 g/mol. The SMILES string of the molecule is C=CC(=O)N(CCC1(O)CCOC1)Cc1csc(C)c1C. The lowest BCUT2D eigenvalue weighted by Crippen LogP contribution is -2.37.